The van der Waals surface area contributed by atoms with E-state index < -0.39 is 35.5 Å². The number of nitrogens with zero attached hydrogens (tertiary/aromatic N) is 6. The molecule has 0 amide bonds. The highest BCUT2D eigenvalue weighted by molar-refractivity contribution is 6.03. The highest BCUT2D eigenvalue weighted by Gasteiger charge is 2.39. The maximum Gasteiger partial charge on any atom is 0.453 e. The summed E-state index contributed by atoms with van der Waals surface area (Å²) < 4.78 is 80.0. The van der Waals surface area contributed by atoms with Crippen LogP contribution in [0.3, 0.4) is 0 Å². The molecule has 4 rings (SSSR count). The Hall–Kier alpha value is -2.96. The second-order valence-electron chi connectivity index (χ2n) is 6.99. The summed E-state index contributed by atoms with van der Waals surface area (Å²) in [4.78, 5) is 5.31. The van der Waals surface area contributed by atoms with Crippen LogP contribution in [-0.2, 0) is 19.1 Å². The van der Waals surface area contributed by atoms with Crippen molar-refractivity contribution in [2.45, 2.75) is 31.6 Å². The van der Waals surface area contributed by atoms with Crippen LogP contribution in [0.5, 0.6) is 0 Å². The van der Waals surface area contributed by atoms with Crippen LogP contribution in [0, 0.1) is 17.5 Å². The SMILES string of the molecule is NC(CC1=NN=C2CN1CCn1nc(C(F)(F)F)nc12)Cc1cc(F)c(F)cc1F. The third-order valence-corrected chi connectivity index (χ3v) is 4.77. The van der Waals surface area contributed by atoms with Crippen molar-refractivity contribution < 1.29 is 26.3 Å². The minimum absolute atomic E-state index is 0.000724. The van der Waals surface area contributed by atoms with E-state index in [4.69, 9.17) is 5.73 Å². The molecule has 2 aromatic rings. The molecule has 1 aromatic carbocycles. The number of halogens is 6. The van der Waals surface area contributed by atoms with Crippen molar-refractivity contribution in [2.75, 3.05) is 13.1 Å². The minimum atomic E-state index is -4.66. The van der Waals surface area contributed by atoms with Gasteiger partial charge in [0, 0.05) is 25.1 Å². The molecule has 3 heterocycles. The molecular weight excluding hydrogens is 416 g/mol. The van der Waals surface area contributed by atoms with E-state index in [1.165, 1.54) is 0 Å². The Balaban J connectivity index is 1.51. The van der Waals surface area contributed by atoms with E-state index in [1.54, 1.807) is 4.90 Å². The summed E-state index contributed by atoms with van der Waals surface area (Å²) in [7, 11) is 0. The maximum absolute atomic E-state index is 13.8. The normalized spacial score (nSPS) is 17.2. The van der Waals surface area contributed by atoms with Gasteiger partial charge in [0.05, 0.1) is 13.1 Å². The van der Waals surface area contributed by atoms with E-state index in [-0.39, 0.29) is 49.6 Å². The van der Waals surface area contributed by atoms with Crippen molar-refractivity contribution in [3.8, 4) is 0 Å². The summed E-state index contributed by atoms with van der Waals surface area (Å²) >= 11 is 0. The number of nitrogens with two attached hydrogens (primary N) is 1. The van der Waals surface area contributed by atoms with Crippen molar-refractivity contribution in [1.29, 1.82) is 0 Å². The zero-order valence-electron chi connectivity index (χ0n) is 15.3. The molecule has 13 heteroatoms. The van der Waals surface area contributed by atoms with Crippen LogP contribution in [0.25, 0.3) is 0 Å². The number of fused-ring (bicyclic) bond motifs is 4. The van der Waals surface area contributed by atoms with Crippen molar-refractivity contribution in [2.24, 2.45) is 15.9 Å². The monoisotopic (exact) mass is 431 g/mol. The molecule has 0 saturated carbocycles. The summed E-state index contributed by atoms with van der Waals surface area (Å²) in [6.07, 6.45) is -4.58. The summed E-state index contributed by atoms with van der Waals surface area (Å²) in [5.74, 6) is -4.14. The Morgan fingerprint density at radius 3 is 2.47 bits per heavy atom. The molecule has 0 spiro atoms. The van der Waals surface area contributed by atoms with Gasteiger partial charge in [-0.05, 0) is 18.1 Å². The Kier molecular flexibility index (Phi) is 5.00. The molecule has 7 nitrogen and oxygen atoms in total. The molecule has 0 aliphatic carbocycles. The molecule has 160 valence electrons. The zero-order valence-corrected chi connectivity index (χ0v) is 15.3. The smallest absolute Gasteiger partial charge is 0.351 e. The number of rotatable bonds is 4. The second-order valence-corrected chi connectivity index (χ2v) is 6.99. The second kappa shape index (κ2) is 7.38. The Morgan fingerprint density at radius 1 is 1.00 bits per heavy atom. The van der Waals surface area contributed by atoms with E-state index in [9.17, 15) is 26.3 Å². The van der Waals surface area contributed by atoms with Crippen LogP contribution >= 0.6 is 0 Å². The van der Waals surface area contributed by atoms with Crippen molar-refractivity contribution in [1.82, 2.24) is 19.7 Å². The van der Waals surface area contributed by atoms with Crippen molar-refractivity contribution in [3.63, 3.8) is 0 Å². The average molecular weight is 431 g/mol. The molecule has 2 bridgehead atoms. The topological polar surface area (TPSA) is 84.7 Å². The number of hydrogen-bond acceptors (Lipinski definition) is 6. The number of alkyl halides is 3. The molecule has 2 aliphatic heterocycles. The van der Waals surface area contributed by atoms with E-state index in [0.717, 1.165) is 10.7 Å². The molecule has 2 N–H and O–H groups in total. The largest absolute Gasteiger partial charge is 0.453 e. The third-order valence-electron chi connectivity index (χ3n) is 4.77. The molecule has 1 unspecified atom stereocenters. The van der Waals surface area contributed by atoms with Crippen LogP contribution in [0.4, 0.5) is 26.3 Å². The van der Waals surface area contributed by atoms with Gasteiger partial charge >= 0.3 is 6.18 Å². The third kappa shape index (κ3) is 3.88. The summed E-state index contributed by atoms with van der Waals surface area (Å²) in [6, 6.07) is 0.554. The van der Waals surface area contributed by atoms with Crippen LogP contribution in [-0.4, -0.2) is 50.3 Å². The van der Waals surface area contributed by atoms with Gasteiger partial charge in [0.15, 0.2) is 17.5 Å². The highest BCUT2D eigenvalue weighted by Crippen LogP contribution is 2.27. The van der Waals surface area contributed by atoms with Gasteiger partial charge in [0.1, 0.15) is 17.4 Å². The number of amidine groups is 1. The lowest BCUT2D eigenvalue weighted by Gasteiger charge is -2.27. The number of aromatic nitrogens is 3. The lowest BCUT2D eigenvalue weighted by atomic mass is 10.0. The standard InChI is InChI=1S/C17H15F6N7/c18-10-6-12(20)11(19)4-8(10)3-9(24)5-14-27-26-13-7-29(14)1-2-30-15(13)25-16(28-30)17(21,22)23/h4,6,9H,1-3,5,7,24H2. The van der Waals surface area contributed by atoms with Crippen molar-refractivity contribution in [3.05, 3.63) is 46.8 Å². The number of hydrogen-bond donors (Lipinski definition) is 1. The predicted octanol–water partition coefficient (Wildman–Crippen LogP) is 2.11. The van der Waals surface area contributed by atoms with Crippen LogP contribution in [0.1, 0.15) is 23.6 Å². The Bertz CT molecular complexity index is 1040. The first-order valence-corrected chi connectivity index (χ1v) is 8.91. The van der Waals surface area contributed by atoms with Gasteiger partial charge in [-0.2, -0.15) is 13.2 Å². The molecule has 30 heavy (non-hydrogen) atoms. The lowest BCUT2D eigenvalue weighted by Crippen LogP contribution is -2.41. The quantitative estimate of drug-likeness (QED) is 0.594. The molecule has 1 atom stereocenters. The summed E-state index contributed by atoms with van der Waals surface area (Å²) in [5.41, 5.74) is 6.21. The summed E-state index contributed by atoms with van der Waals surface area (Å²) in [6.45, 7) is 0.586. The van der Waals surface area contributed by atoms with Gasteiger partial charge in [0.25, 0.3) is 5.82 Å². The fourth-order valence-corrected chi connectivity index (χ4v) is 3.33. The molecular formula is C17H15F6N7. The minimum Gasteiger partial charge on any atom is -0.351 e. The highest BCUT2D eigenvalue weighted by atomic mass is 19.4. The van der Waals surface area contributed by atoms with Crippen LogP contribution < -0.4 is 5.73 Å². The van der Waals surface area contributed by atoms with Crippen LogP contribution in [0.15, 0.2) is 22.3 Å². The fourth-order valence-electron chi connectivity index (χ4n) is 3.33. The van der Waals surface area contributed by atoms with E-state index in [0.29, 0.717) is 11.9 Å². The number of benzene rings is 1. The lowest BCUT2D eigenvalue weighted by molar-refractivity contribution is -0.145. The molecule has 0 radical (unpaired) electrons. The van der Waals surface area contributed by atoms with Crippen LogP contribution in [0.2, 0.25) is 0 Å². The van der Waals surface area contributed by atoms with E-state index in [1.807, 2.05) is 0 Å². The molecule has 1 aromatic heterocycles. The zero-order chi connectivity index (χ0) is 21.6. The van der Waals surface area contributed by atoms with Gasteiger partial charge in [-0.1, -0.05) is 0 Å². The molecule has 2 aliphatic rings. The van der Waals surface area contributed by atoms with Gasteiger partial charge in [0.2, 0.25) is 0 Å². The first-order chi connectivity index (χ1) is 14.1. The van der Waals surface area contributed by atoms with E-state index >= 15 is 0 Å². The van der Waals surface area contributed by atoms with Gasteiger partial charge in [-0.25, -0.2) is 22.8 Å². The first-order valence-electron chi connectivity index (χ1n) is 8.91. The Labute approximate surface area is 165 Å². The maximum atomic E-state index is 13.8. The van der Waals surface area contributed by atoms with Gasteiger partial charge < -0.3 is 10.6 Å². The van der Waals surface area contributed by atoms with E-state index in [2.05, 4.69) is 20.3 Å². The average Bonchev–Trinajstić information content (AvgIpc) is 3.05. The van der Waals surface area contributed by atoms with Gasteiger partial charge in [-0.15, -0.1) is 15.3 Å². The fraction of sp³-hybridized carbons (Fsp3) is 0.412. The predicted molar refractivity (Wildman–Crippen MR) is 93.2 cm³/mol. The van der Waals surface area contributed by atoms with Crippen molar-refractivity contribution >= 4 is 11.5 Å². The molecule has 0 fully saturated rings. The molecule has 0 saturated heterocycles. The first kappa shape index (κ1) is 20.3. The van der Waals surface area contributed by atoms with Gasteiger partial charge in [-0.3, -0.25) is 0 Å². The summed E-state index contributed by atoms with van der Waals surface area (Å²) in [5, 5.41) is 11.5. The Morgan fingerprint density at radius 2 is 1.73 bits per heavy atom.